The van der Waals surface area contributed by atoms with Crippen LogP contribution in [0.2, 0.25) is 0 Å². The van der Waals surface area contributed by atoms with E-state index in [1.807, 2.05) is 13.2 Å². The fraction of sp³-hybridized carbons (Fsp3) is 0.500. The van der Waals surface area contributed by atoms with Gasteiger partial charge in [-0.3, -0.25) is 10.1 Å². The predicted molar refractivity (Wildman–Crippen MR) is 54.6 cm³/mol. The van der Waals surface area contributed by atoms with E-state index in [0.29, 0.717) is 12.0 Å². The molecule has 1 aliphatic carbocycles. The molecule has 2 rings (SSSR count). The number of guanidine groups is 1. The molecule has 1 heterocycles. The van der Waals surface area contributed by atoms with Gasteiger partial charge >= 0.3 is 0 Å². The van der Waals surface area contributed by atoms with Crippen molar-refractivity contribution in [1.82, 2.24) is 15.2 Å². The number of nitrogens with zero attached hydrogens (tertiary/aromatic N) is 3. The second-order valence-electron chi connectivity index (χ2n) is 3.38. The number of anilines is 1. The van der Waals surface area contributed by atoms with Gasteiger partial charge in [0.25, 0.3) is 0 Å². The third-order valence-electron chi connectivity index (χ3n) is 1.96. The molecule has 0 saturated heterocycles. The molecule has 4 N–H and O–H groups in total. The lowest BCUT2D eigenvalue weighted by Gasteiger charge is -2.05. The van der Waals surface area contributed by atoms with Crippen molar-refractivity contribution in [2.24, 2.45) is 17.9 Å². The van der Waals surface area contributed by atoms with E-state index in [1.165, 1.54) is 0 Å². The molecule has 1 aromatic heterocycles. The first-order valence-corrected chi connectivity index (χ1v) is 4.58. The maximum atomic E-state index is 5.33. The largest absolute Gasteiger partial charge is 0.323 e. The number of aromatic nitrogens is 2. The molecule has 0 amide bonds. The lowest BCUT2D eigenvalue weighted by atomic mass is 10.5. The SMILES string of the molecule is Cn1cc(NC(=NC2CC2)NN)cn1. The summed E-state index contributed by atoms with van der Waals surface area (Å²) in [7, 11) is 1.86. The minimum atomic E-state index is 0.435. The number of aliphatic imine (C=N–C) groups is 1. The van der Waals surface area contributed by atoms with Crippen molar-refractivity contribution in [3.8, 4) is 0 Å². The Morgan fingerprint density at radius 3 is 3.00 bits per heavy atom. The number of aryl methyl sites for hydroxylation is 1. The van der Waals surface area contributed by atoms with Gasteiger partial charge in [0.2, 0.25) is 5.96 Å². The molecule has 1 fully saturated rings. The highest BCUT2D eigenvalue weighted by molar-refractivity contribution is 5.93. The number of nitrogens with one attached hydrogen (secondary N) is 2. The maximum absolute atomic E-state index is 5.33. The number of nitrogens with two attached hydrogens (primary N) is 1. The molecule has 1 aliphatic rings. The van der Waals surface area contributed by atoms with E-state index in [-0.39, 0.29) is 0 Å². The summed E-state index contributed by atoms with van der Waals surface area (Å²) in [6.07, 6.45) is 5.89. The van der Waals surface area contributed by atoms with E-state index < -0.39 is 0 Å². The molecule has 0 atom stereocenters. The smallest absolute Gasteiger partial charge is 0.210 e. The van der Waals surface area contributed by atoms with E-state index in [1.54, 1.807) is 10.9 Å². The minimum absolute atomic E-state index is 0.435. The zero-order chi connectivity index (χ0) is 9.97. The normalized spacial score (nSPS) is 16.9. The third-order valence-corrected chi connectivity index (χ3v) is 1.96. The van der Waals surface area contributed by atoms with Crippen molar-refractivity contribution in [3.63, 3.8) is 0 Å². The van der Waals surface area contributed by atoms with Gasteiger partial charge in [0.15, 0.2) is 0 Å². The Balaban J connectivity index is 2.00. The fourth-order valence-electron chi connectivity index (χ4n) is 1.11. The van der Waals surface area contributed by atoms with Crippen molar-refractivity contribution in [2.75, 3.05) is 5.32 Å². The van der Waals surface area contributed by atoms with E-state index in [4.69, 9.17) is 5.84 Å². The summed E-state index contributed by atoms with van der Waals surface area (Å²) >= 11 is 0. The summed E-state index contributed by atoms with van der Waals surface area (Å²) in [6.45, 7) is 0. The first-order valence-electron chi connectivity index (χ1n) is 4.58. The van der Waals surface area contributed by atoms with E-state index in [2.05, 4.69) is 20.8 Å². The molecule has 1 saturated carbocycles. The Morgan fingerprint density at radius 1 is 1.71 bits per heavy atom. The van der Waals surface area contributed by atoms with Gasteiger partial charge in [0.1, 0.15) is 0 Å². The van der Waals surface area contributed by atoms with Crippen LogP contribution in [0.5, 0.6) is 0 Å². The van der Waals surface area contributed by atoms with Crippen molar-refractivity contribution < 1.29 is 0 Å². The molecule has 6 heteroatoms. The molecular formula is C8H14N6. The maximum Gasteiger partial charge on any atom is 0.210 e. The fourth-order valence-corrected chi connectivity index (χ4v) is 1.11. The Morgan fingerprint density at radius 2 is 2.50 bits per heavy atom. The first kappa shape index (κ1) is 9.01. The van der Waals surface area contributed by atoms with Crippen LogP contribution >= 0.6 is 0 Å². The van der Waals surface area contributed by atoms with Crippen LogP contribution in [0.15, 0.2) is 17.4 Å². The van der Waals surface area contributed by atoms with Gasteiger partial charge in [-0.05, 0) is 12.8 Å². The average Bonchev–Trinajstić information content (AvgIpc) is 2.89. The third kappa shape index (κ3) is 2.23. The highest BCUT2D eigenvalue weighted by Crippen LogP contribution is 2.23. The molecule has 0 radical (unpaired) electrons. The highest BCUT2D eigenvalue weighted by atomic mass is 15.3. The van der Waals surface area contributed by atoms with Crippen LogP contribution in [-0.2, 0) is 7.05 Å². The van der Waals surface area contributed by atoms with E-state index in [9.17, 15) is 0 Å². The highest BCUT2D eigenvalue weighted by Gasteiger charge is 2.21. The summed E-state index contributed by atoms with van der Waals surface area (Å²) in [5.74, 6) is 5.93. The van der Waals surface area contributed by atoms with Crippen LogP contribution in [0.3, 0.4) is 0 Å². The molecule has 14 heavy (non-hydrogen) atoms. The van der Waals surface area contributed by atoms with Crippen LogP contribution in [-0.4, -0.2) is 21.8 Å². The zero-order valence-corrected chi connectivity index (χ0v) is 8.07. The molecule has 0 aliphatic heterocycles. The van der Waals surface area contributed by atoms with Crippen LogP contribution in [0.25, 0.3) is 0 Å². The quantitative estimate of drug-likeness (QED) is 0.264. The van der Waals surface area contributed by atoms with Crippen molar-refractivity contribution in [2.45, 2.75) is 18.9 Å². The van der Waals surface area contributed by atoms with Gasteiger partial charge in [-0.1, -0.05) is 0 Å². The first-order chi connectivity index (χ1) is 6.78. The molecule has 76 valence electrons. The lowest BCUT2D eigenvalue weighted by Crippen LogP contribution is -2.36. The van der Waals surface area contributed by atoms with Crippen molar-refractivity contribution >= 4 is 11.6 Å². The molecule has 0 bridgehead atoms. The summed E-state index contributed by atoms with van der Waals surface area (Å²) in [4.78, 5) is 4.34. The number of hydrazine groups is 1. The number of hydrogen-bond donors (Lipinski definition) is 3. The zero-order valence-electron chi connectivity index (χ0n) is 8.07. The average molecular weight is 194 g/mol. The Hall–Kier alpha value is -1.56. The van der Waals surface area contributed by atoms with Crippen molar-refractivity contribution in [3.05, 3.63) is 12.4 Å². The lowest BCUT2D eigenvalue weighted by molar-refractivity contribution is 0.768. The summed E-state index contributed by atoms with van der Waals surface area (Å²) in [6, 6.07) is 0.435. The monoisotopic (exact) mass is 194 g/mol. The van der Waals surface area contributed by atoms with Crippen molar-refractivity contribution in [1.29, 1.82) is 0 Å². The molecule has 0 aromatic carbocycles. The summed E-state index contributed by atoms with van der Waals surface area (Å²) in [5.41, 5.74) is 3.41. The van der Waals surface area contributed by atoms with Crippen LogP contribution in [0.1, 0.15) is 12.8 Å². The second kappa shape index (κ2) is 3.67. The van der Waals surface area contributed by atoms with Gasteiger partial charge in [0.05, 0.1) is 17.9 Å². The standard InChI is InChI=1S/C8H14N6/c1-14-5-7(4-10-14)12-8(13-9)11-6-2-3-6/h4-6H,2-3,9H2,1H3,(H2,11,12,13). The topological polar surface area (TPSA) is 80.3 Å². The molecular weight excluding hydrogens is 180 g/mol. The van der Waals surface area contributed by atoms with Gasteiger partial charge < -0.3 is 5.32 Å². The Kier molecular flexibility index (Phi) is 2.36. The van der Waals surface area contributed by atoms with Crippen LogP contribution in [0.4, 0.5) is 5.69 Å². The summed E-state index contributed by atoms with van der Waals surface area (Å²) in [5, 5.41) is 7.08. The summed E-state index contributed by atoms with van der Waals surface area (Å²) < 4.78 is 1.72. The number of rotatable bonds is 2. The predicted octanol–water partition coefficient (Wildman–Crippen LogP) is -0.186. The van der Waals surface area contributed by atoms with Crippen LogP contribution in [0, 0.1) is 0 Å². The van der Waals surface area contributed by atoms with E-state index in [0.717, 1.165) is 18.5 Å². The van der Waals surface area contributed by atoms with Gasteiger partial charge in [0, 0.05) is 13.2 Å². The minimum Gasteiger partial charge on any atom is -0.323 e. The Labute approximate surface area is 82.2 Å². The number of hydrogen-bond acceptors (Lipinski definition) is 3. The molecule has 0 spiro atoms. The van der Waals surface area contributed by atoms with Gasteiger partial charge in [-0.2, -0.15) is 5.10 Å². The van der Waals surface area contributed by atoms with Crippen LogP contribution < -0.4 is 16.6 Å². The second-order valence-corrected chi connectivity index (χ2v) is 3.38. The van der Waals surface area contributed by atoms with E-state index >= 15 is 0 Å². The Bertz CT molecular complexity index is 337. The van der Waals surface area contributed by atoms with Gasteiger partial charge in [-0.15, -0.1) is 0 Å². The molecule has 0 unspecified atom stereocenters. The molecule has 6 nitrogen and oxygen atoms in total. The molecule has 1 aromatic rings. The van der Waals surface area contributed by atoms with Gasteiger partial charge in [-0.25, -0.2) is 10.8 Å².